The van der Waals surface area contributed by atoms with Gasteiger partial charge in [-0.25, -0.2) is 4.79 Å². The van der Waals surface area contributed by atoms with Crippen molar-refractivity contribution in [2.75, 3.05) is 11.9 Å². The number of esters is 1. The molecule has 1 aromatic heterocycles. The van der Waals surface area contributed by atoms with E-state index < -0.39 is 23.8 Å². The van der Waals surface area contributed by atoms with Crippen LogP contribution in [0.2, 0.25) is 0 Å². The van der Waals surface area contributed by atoms with Gasteiger partial charge in [0, 0.05) is 11.3 Å². The zero-order valence-corrected chi connectivity index (χ0v) is 19.4. The zero-order valence-electron chi connectivity index (χ0n) is 18.6. The number of rotatable bonds is 9. The van der Waals surface area contributed by atoms with Gasteiger partial charge in [0.2, 0.25) is 5.91 Å². The van der Waals surface area contributed by atoms with Crippen molar-refractivity contribution in [1.82, 2.24) is 0 Å². The SMILES string of the molecule is CCOC(=O)c1c(NC(=O)C[C@@H](C(=O)O)c2ccc(OC(C)C)cc2)sc2c1CCCC2. The fourth-order valence-corrected chi connectivity index (χ4v) is 5.13. The van der Waals surface area contributed by atoms with Crippen molar-refractivity contribution in [2.45, 2.75) is 64.9 Å². The molecule has 0 unspecified atom stereocenters. The first-order valence-corrected chi connectivity index (χ1v) is 11.7. The van der Waals surface area contributed by atoms with Crippen molar-refractivity contribution in [3.63, 3.8) is 0 Å². The van der Waals surface area contributed by atoms with Crippen LogP contribution in [0.15, 0.2) is 24.3 Å². The summed E-state index contributed by atoms with van der Waals surface area (Å²) in [5.41, 5.74) is 1.88. The average molecular weight is 460 g/mol. The molecule has 1 aromatic carbocycles. The number of anilines is 1. The van der Waals surface area contributed by atoms with Crippen molar-refractivity contribution >= 4 is 34.2 Å². The topological polar surface area (TPSA) is 102 Å². The van der Waals surface area contributed by atoms with E-state index in [-0.39, 0.29) is 19.1 Å². The Hall–Kier alpha value is -2.87. The van der Waals surface area contributed by atoms with Crippen molar-refractivity contribution in [2.24, 2.45) is 0 Å². The van der Waals surface area contributed by atoms with Crippen LogP contribution in [0.4, 0.5) is 5.00 Å². The van der Waals surface area contributed by atoms with Gasteiger partial charge in [0.05, 0.1) is 24.2 Å². The van der Waals surface area contributed by atoms with E-state index >= 15 is 0 Å². The number of fused-ring (bicyclic) bond motifs is 1. The van der Waals surface area contributed by atoms with Crippen molar-refractivity contribution in [3.05, 3.63) is 45.8 Å². The van der Waals surface area contributed by atoms with Crippen molar-refractivity contribution in [1.29, 1.82) is 0 Å². The van der Waals surface area contributed by atoms with Crippen molar-refractivity contribution in [3.8, 4) is 5.75 Å². The molecular formula is C24H29NO6S. The average Bonchev–Trinajstić information content (AvgIpc) is 3.10. The Balaban J connectivity index is 1.78. The lowest BCUT2D eigenvalue weighted by Crippen LogP contribution is -2.21. The van der Waals surface area contributed by atoms with Crippen LogP contribution >= 0.6 is 11.3 Å². The monoisotopic (exact) mass is 459 g/mol. The number of benzene rings is 1. The summed E-state index contributed by atoms with van der Waals surface area (Å²) < 4.78 is 10.8. The van der Waals surface area contributed by atoms with Gasteiger partial charge in [-0.3, -0.25) is 9.59 Å². The Morgan fingerprint density at radius 3 is 2.44 bits per heavy atom. The third-order valence-corrected chi connectivity index (χ3v) is 6.45. The molecule has 1 amide bonds. The molecule has 0 saturated heterocycles. The summed E-state index contributed by atoms with van der Waals surface area (Å²) in [4.78, 5) is 38.4. The third-order valence-electron chi connectivity index (χ3n) is 5.25. The normalized spacial score (nSPS) is 13.9. The van der Waals surface area contributed by atoms with Gasteiger partial charge in [0.25, 0.3) is 0 Å². The van der Waals surface area contributed by atoms with Gasteiger partial charge in [0.15, 0.2) is 0 Å². The summed E-state index contributed by atoms with van der Waals surface area (Å²) in [7, 11) is 0. The van der Waals surface area contributed by atoms with E-state index in [0.29, 0.717) is 21.9 Å². The second-order valence-corrected chi connectivity index (χ2v) is 9.12. The van der Waals surface area contributed by atoms with E-state index in [9.17, 15) is 19.5 Å². The van der Waals surface area contributed by atoms with Crippen LogP contribution in [0, 0.1) is 0 Å². The molecule has 32 heavy (non-hydrogen) atoms. The van der Waals surface area contributed by atoms with E-state index in [1.54, 1.807) is 31.2 Å². The number of carbonyl (C=O) groups excluding carboxylic acids is 2. The Morgan fingerprint density at radius 2 is 1.81 bits per heavy atom. The summed E-state index contributed by atoms with van der Waals surface area (Å²) in [5.74, 6) is -2.36. The van der Waals surface area contributed by atoms with Gasteiger partial charge in [-0.2, -0.15) is 0 Å². The minimum atomic E-state index is -1.09. The van der Waals surface area contributed by atoms with Crippen LogP contribution in [0.3, 0.4) is 0 Å². The predicted molar refractivity (Wildman–Crippen MR) is 123 cm³/mol. The van der Waals surface area contributed by atoms with Crippen LogP contribution in [-0.4, -0.2) is 35.7 Å². The molecule has 0 aliphatic heterocycles. The minimum absolute atomic E-state index is 0.00659. The van der Waals surface area contributed by atoms with Crippen LogP contribution < -0.4 is 10.1 Å². The molecule has 1 aliphatic carbocycles. The van der Waals surface area contributed by atoms with Gasteiger partial charge in [-0.15, -0.1) is 11.3 Å². The summed E-state index contributed by atoms with van der Waals surface area (Å²) in [6, 6.07) is 6.74. The molecule has 0 radical (unpaired) electrons. The molecule has 1 aliphatic rings. The van der Waals surface area contributed by atoms with Gasteiger partial charge in [-0.05, 0) is 69.7 Å². The van der Waals surface area contributed by atoms with Crippen molar-refractivity contribution < 1.29 is 29.0 Å². The minimum Gasteiger partial charge on any atom is -0.491 e. The fourth-order valence-electron chi connectivity index (χ4n) is 3.83. The summed E-state index contributed by atoms with van der Waals surface area (Å²) >= 11 is 1.39. The standard InChI is InChI=1S/C24H29NO6S/c1-4-30-24(29)21-17-7-5-6-8-19(17)32-22(21)25-20(26)13-18(23(27)28)15-9-11-16(12-10-15)31-14(2)3/h9-12,14,18H,4-8,13H2,1-3H3,(H,25,26)(H,27,28)/t18-/m1/s1. The number of carboxylic acid groups (broad SMARTS) is 1. The highest BCUT2D eigenvalue weighted by molar-refractivity contribution is 7.17. The lowest BCUT2D eigenvalue weighted by Gasteiger charge is -2.15. The van der Waals surface area contributed by atoms with Crippen LogP contribution in [0.5, 0.6) is 5.75 Å². The van der Waals surface area contributed by atoms with Crippen LogP contribution in [0.1, 0.15) is 72.3 Å². The van der Waals surface area contributed by atoms with E-state index in [1.165, 1.54) is 11.3 Å². The summed E-state index contributed by atoms with van der Waals surface area (Å²) in [5, 5.41) is 13.0. The lowest BCUT2D eigenvalue weighted by molar-refractivity contribution is -0.140. The fraction of sp³-hybridized carbons (Fsp3) is 0.458. The maximum Gasteiger partial charge on any atom is 0.341 e. The molecule has 0 spiro atoms. The van der Waals surface area contributed by atoms with Gasteiger partial charge in [-0.1, -0.05) is 12.1 Å². The Labute approximate surface area is 191 Å². The molecule has 0 saturated carbocycles. The summed E-state index contributed by atoms with van der Waals surface area (Å²) in [6.45, 7) is 5.80. The van der Waals surface area contributed by atoms with Crippen LogP contribution in [0.25, 0.3) is 0 Å². The predicted octanol–water partition coefficient (Wildman–Crippen LogP) is 4.79. The highest BCUT2D eigenvalue weighted by atomic mass is 32.1. The zero-order chi connectivity index (χ0) is 23.3. The molecule has 2 N–H and O–H groups in total. The van der Waals surface area contributed by atoms with E-state index in [4.69, 9.17) is 9.47 Å². The molecule has 2 aromatic rings. The Bertz CT molecular complexity index is 979. The first-order chi connectivity index (χ1) is 15.3. The molecule has 1 heterocycles. The number of hydrogen-bond donors (Lipinski definition) is 2. The molecule has 0 fully saturated rings. The molecule has 1 atom stereocenters. The highest BCUT2D eigenvalue weighted by Crippen LogP contribution is 2.39. The number of thiophene rings is 1. The number of nitrogens with one attached hydrogen (secondary N) is 1. The highest BCUT2D eigenvalue weighted by Gasteiger charge is 2.29. The van der Waals surface area contributed by atoms with Gasteiger partial charge >= 0.3 is 11.9 Å². The van der Waals surface area contributed by atoms with E-state index in [1.807, 2.05) is 13.8 Å². The maximum absolute atomic E-state index is 12.8. The lowest BCUT2D eigenvalue weighted by atomic mass is 9.94. The first kappa shape index (κ1) is 23.8. The maximum atomic E-state index is 12.8. The number of carboxylic acids is 1. The van der Waals surface area contributed by atoms with E-state index in [0.717, 1.165) is 36.1 Å². The number of amides is 1. The summed E-state index contributed by atoms with van der Waals surface area (Å²) in [6.07, 6.45) is 3.43. The molecule has 8 heteroatoms. The Morgan fingerprint density at radius 1 is 1.12 bits per heavy atom. The molecule has 172 valence electrons. The largest absolute Gasteiger partial charge is 0.491 e. The third kappa shape index (κ3) is 5.68. The number of ether oxygens (including phenoxy) is 2. The first-order valence-electron chi connectivity index (χ1n) is 10.9. The van der Waals surface area contributed by atoms with Gasteiger partial charge < -0.3 is 19.9 Å². The molecule has 0 bridgehead atoms. The quantitative estimate of drug-likeness (QED) is 0.523. The Kier molecular flexibility index (Phi) is 7.90. The van der Waals surface area contributed by atoms with Gasteiger partial charge in [0.1, 0.15) is 10.8 Å². The smallest absolute Gasteiger partial charge is 0.341 e. The molecule has 3 rings (SSSR count). The van der Waals surface area contributed by atoms with E-state index in [2.05, 4.69) is 5.32 Å². The number of aliphatic carboxylic acids is 1. The molecular weight excluding hydrogens is 430 g/mol. The number of aryl methyl sites for hydroxylation is 1. The second kappa shape index (κ2) is 10.6. The second-order valence-electron chi connectivity index (χ2n) is 8.01. The molecule has 7 nitrogen and oxygen atoms in total. The number of hydrogen-bond acceptors (Lipinski definition) is 6. The van der Waals surface area contributed by atoms with Crippen LogP contribution in [-0.2, 0) is 27.2 Å². The number of carbonyl (C=O) groups is 3.